The molecule has 10 heavy (non-hydrogen) atoms. The normalized spacial score (nSPS) is 10.8. The van der Waals surface area contributed by atoms with Gasteiger partial charge in [0.2, 0.25) is 0 Å². The van der Waals surface area contributed by atoms with Crippen LogP contribution in [-0.4, -0.2) is 22.2 Å². The average Bonchev–Trinajstić information content (AvgIpc) is 1.82. The van der Waals surface area contributed by atoms with Crippen LogP contribution in [0, 0.1) is 0 Å². The molecular formula is C4H4ClNO4. The van der Waals surface area contributed by atoms with E-state index in [9.17, 15) is 9.59 Å². The first kappa shape index (κ1) is 8.90. The summed E-state index contributed by atoms with van der Waals surface area (Å²) in [6, 6.07) is 0. The lowest BCUT2D eigenvalue weighted by Gasteiger charge is -1.88. The number of nitrogens with zero attached hydrogens (tertiary/aromatic N) is 1. The Morgan fingerprint density at radius 2 is 2.10 bits per heavy atom. The van der Waals surface area contributed by atoms with Crippen molar-refractivity contribution in [3.8, 4) is 0 Å². The first-order valence-electron chi connectivity index (χ1n) is 2.18. The quantitative estimate of drug-likeness (QED) is 0.360. The summed E-state index contributed by atoms with van der Waals surface area (Å²) in [5.41, 5.74) is 0. The number of halogens is 1. The molecule has 0 aromatic heterocycles. The molecule has 0 aromatic carbocycles. The van der Waals surface area contributed by atoms with Crippen LogP contribution in [0.15, 0.2) is 5.16 Å². The van der Waals surface area contributed by atoms with Gasteiger partial charge in [-0.2, -0.15) is 0 Å². The van der Waals surface area contributed by atoms with Crippen LogP contribution in [0.25, 0.3) is 0 Å². The highest BCUT2D eigenvalue weighted by Crippen LogP contribution is 1.87. The zero-order valence-corrected chi connectivity index (χ0v) is 5.75. The zero-order valence-electron chi connectivity index (χ0n) is 5.00. The van der Waals surface area contributed by atoms with Gasteiger partial charge in [-0.15, -0.1) is 0 Å². The molecule has 1 N–H and O–H groups in total. The standard InChI is InChI=1S/C4H4ClNO4/c1-2(7)10-6-3(5)4(8)9/h1H3,(H,8,9)/b6-3-. The maximum absolute atomic E-state index is 9.99. The maximum Gasteiger partial charge on any atom is 0.369 e. The summed E-state index contributed by atoms with van der Waals surface area (Å²) in [6.07, 6.45) is 0. The third kappa shape index (κ3) is 3.85. The highest BCUT2D eigenvalue weighted by molar-refractivity contribution is 6.81. The first-order valence-corrected chi connectivity index (χ1v) is 2.56. The van der Waals surface area contributed by atoms with Gasteiger partial charge in [0.1, 0.15) is 0 Å². The summed E-state index contributed by atoms with van der Waals surface area (Å²) in [7, 11) is 0. The van der Waals surface area contributed by atoms with Gasteiger partial charge >= 0.3 is 11.9 Å². The van der Waals surface area contributed by atoms with Crippen LogP contribution in [0.3, 0.4) is 0 Å². The fourth-order valence-corrected chi connectivity index (χ4v) is 0.178. The average molecular weight is 166 g/mol. The Bertz CT molecular complexity index is 188. The number of hydrogen-bond acceptors (Lipinski definition) is 4. The molecule has 0 fully saturated rings. The lowest BCUT2D eigenvalue weighted by atomic mass is 10.8. The number of rotatable bonds is 2. The van der Waals surface area contributed by atoms with Crippen molar-refractivity contribution in [2.75, 3.05) is 0 Å². The SMILES string of the molecule is CC(=O)O/N=C(\Cl)C(=O)O. The van der Waals surface area contributed by atoms with E-state index in [0.717, 1.165) is 6.92 Å². The van der Waals surface area contributed by atoms with Crippen LogP contribution in [0.1, 0.15) is 6.92 Å². The van der Waals surface area contributed by atoms with E-state index in [4.69, 9.17) is 16.7 Å². The molecule has 5 nitrogen and oxygen atoms in total. The second-order valence-electron chi connectivity index (χ2n) is 1.27. The van der Waals surface area contributed by atoms with E-state index in [1.165, 1.54) is 0 Å². The van der Waals surface area contributed by atoms with E-state index in [2.05, 4.69) is 9.99 Å². The van der Waals surface area contributed by atoms with Crippen molar-refractivity contribution in [1.29, 1.82) is 0 Å². The number of hydrogen-bond donors (Lipinski definition) is 1. The van der Waals surface area contributed by atoms with Crippen LogP contribution in [0.5, 0.6) is 0 Å². The van der Waals surface area contributed by atoms with Crippen LogP contribution in [0.4, 0.5) is 0 Å². The summed E-state index contributed by atoms with van der Waals surface area (Å²) in [5, 5.41) is 10.0. The van der Waals surface area contributed by atoms with Crippen molar-refractivity contribution in [1.82, 2.24) is 0 Å². The summed E-state index contributed by atoms with van der Waals surface area (Å²) in [6.45, 7) is 1.08. The van der Waals surface area contributed by atoms with Gasteiger partial charge in [-0.05, 0) is 0 Å². The highest BCUT2D eigenvalue weighted by Gasteiger charge is 2.05. The van der Waals surface area contributed by atoms with Crippen LogP contribution in [-0.2, 0) is 14.4 Å². The number of carboxylic acids is 1. The fraction of sp³-hybridized carbons (Fsp3) is 0.250. The third-order valence-corrected chi connectivity index (χ3v) is 0.661. The molecule has 56 valence electrons. The van der Waals surface area contributed by atoms with Crippen LogP contribution >= 0.6 is 11.6 Å². The Balaban J connectivity index is 3.92. The molecule has 0 saturated carbocycles. The molecule has 0 aliphatic heterocycles. The molecule has 0 radical (unpaired) electrons. The van der Waals surface area contributed by atoms with E-state index < -0.39 is 17.1 Å². The third-order valence-electron chi connectivity index (χ3n) is 0.431. The topological polar surface area (TPSA) is 76.0 Å². The Kier molecular flexibility index (Phi) is 3.42. The molecule has 0 heterocycles. The molecule has 6 heteroatoms. The van der Waals surface area contributed by atoms with Gasteiger partial charge in [-0.3, -0.25) is 0 Å². The van der Waals surface area contributed by atoms with Gasteiger partial charge < -0.3 is 9.94 Å². The van der Waals surface area contributed by atoms with Crippen molar-refractivity contribution in [3.05, 3.63) is 0 Å². The predicted octanol–water partition coefficient (Wildman–Crippen LogP) is 0.186. The predicted molar refractivity (Wildman–Crippen MR) is 32.7 cm³/mol. The summed E-state index contributed by atoms with van der Waals surface area (Å²) >= 11 is 4.93. The van der Waals surface area contributed by atoms with Crippen molar-refractivity contribution in [3.63, 3.8) is 0 Å². The fourth-order valence-electron chi connectivity index (χ4n) is 0.143. The molecule has 0 atom stereocenters. The van der Waals surface area contributed by atoms with E-state index in [1.54, 1.807) is 0 Å². The Labute approximate surface area is 61.2 Å². The minimum Gasteiger partial charge on any atom is -0.476 e. The molecule has 0 aromatic rings. The minimum absolute atomic E-state index is 0.723. The van der Waals surface area contributed by atoms with Gasteiger partial charge in [0.15, 0.2) is 0 Å². The summed E-state index contributed by atoms with van der Waals surface area (Å²) < 4.78 is 0. The van der Waals surface area contributed by atoms with Gasteiger partial charge in [-0.25, -0.2) is 9.59 Å². The van der Waals surface area contributed by atoms with Gasteiger partial charge in [-0.1, -0.05) is 16.8 Å². The molecule has 0 rings (SSSR count). The molecule has 0 unspecified atom stereocenters. The minimum atomic E-state index is -1.44. The van der Waals surface area contributed by atoms with Gasteiger partial charge in [0.25, 0.3) is 5.17 Å². The molecule has 0 aliphatic rings. The van der Waals surface area contributed by atoms with Crippen molar-refractivity contribution < 1.29 is 19.5 Å². The van der Waals surface area contributed by atoms with Crippen molar-refractivity contribution in [2.24, 2.45) is 5.16 Å². The summed E-state index contributed by atoms with van der Waals surface area (Å²) in [4.78, 5) is 23.7. The number of carbonyl (C=O) groups is 2. The highest BCUT2D eigenvalue weighted by atomic mass is 35.5. The molecule has 0 aliphatic carbocycles. The molecule has 0 amide bonds. The lowest BCUT2D eigenvalue weighted by molar-refractivity contribution is -0.141. The lowest BCUT2D eigenvalue weighted by Crippen LogP contribution is -2.06. The van der Waals surface area contributed by atoms with Crippen molar-refractivity contribution >= 4 is 28.7 Å². The van der Waals surface area contributed by atoms with E-state index >= 15 is 0 Å². The van der Waals surface area contributed by atoms with E-state index in [0.29, 0.717) is 0 Å². The van der Waals surface area contributed by atoms with Crippen molar-refractivity contribution in [2.45, 2.75) is 6.92 Å². The maximum atomic E-state index is 9.99. The molecule has 0 bridgehead atoms. The van der Waals surface area contributed by atoms with Crippen LogP contribution < -0.4 is 0 Å². The van der Waals surface area contributed by atoms with Gasteiger partial charge in [0.05, 0.1) is 0 Å². The molecule has 0 saturated heterocycles. The monoisotopic (exact) mass is 165 g/mol. The zero-order chi connectivity index (χ0) is 8.15. The molecule has 0 spiro atoms. The number of aliphatic carboxylic acids is 1. The Morgan fingerprint density at radius 1 is 1.60 bits per heavy atom. The largest absolute Gasteiger partial charge is 0.476 e. The van der Waals surface area contributed by atoms with E-state index in [-0.39, 0.29) is 0 Å². The Hall–Kier alpha value is -1.10. The second kappa shape index (κ2) is 3.84. The second-order valence-corrected chi connectivity index (χ2v) is 1.63. The van der Waals surface area contributed by atoms with E-state index in [1.807, 2.05) is 0 Å². The number of carbonyl (C=O) groups excluding carboxylic acids is 1. The van der Waals surface area contributed by atoms with Crippen LogP contribution in [0.2, 0.25) is 0 Å². The first-order chi connectivity index (χ1) is 4.54. The number of carboxylic acid groups (broad SMARTS) is 1. The van der Waals surface area contributed by atoms with Gasteiger partial charge in [0, 0.05) is 6.92 Å². The Morgan fingerprint density at radius 3 is 2.40 bits per heavy atom. The number of oxime groups is 1. The smallest absolute Gasteiger partial charge is 0.369 e. The summed E-state index contributed by atoms with van der Waals surface area (Å²) in [5.74, 6) is -2.16. The molecular weight excluding hydrogens is 162 g/mol.